The van der Waals surface area contributed by atoms with Gasteiger partial charge in [-0.3, -0.25) is 0 Å². The molecule has 1 aromatic rings. The summed E-state index contributed by atoms with van der Waals surface area (Å²) in [5, 5.41) is 3.42. The summed E-state index contributed by atoms with van der Waals surface area (Å²) in [6.45, 7) is 8.85. The standard InChI is InChI=1S/C24H34F2N2O2/c1-16(11-17-9-10-19(25)13-21(17)26)14-27-15-20-12-18-7-5-6-8-22(18)28(20)23(29)30-24(2,3)4/h9-11,13,18,20,22,27H,5-8,12,14-15H2,1-4H3/b16-11+/t18?,20-,22-/m0/s1. The van der Waals surface area contributed by atoms with E-state index in [4.69, 9.17) is 4.74 Å². The minimum absolute atomic E-state index is 0.100. The highest BCUT2D eigenvalue weighted by molar-refractivity contribution is 5.69. The molecule has 2 fully saturated rings. The molecule has 0 bridgehead atoms. The molecule has 1 aliphatic heterocycles. The van der Waals surface area contributed by atoms with Gasteiger partial charge in [-0.1, -0.05) is 24.5 Å². The fourth-order valence-corrected chi connectivity index (χ4v) is 4.71. The van der Waals surface area contributed by atoms with Gasteiger partial charge in [0.05, 0.1) is 0 Å². The Morgan fingerprint density at radius 3 is 2.70 bits per heavy atom. The first-order valence-electron chi connectivity index (χ1n) is 11.0. The van der Waals surface area contributed by atoms with Crippen LogP contribution in [0.25, 0.3) is 6.08 Å². The van der Waals surface area contributed by atoms with Gasteiger partial charge in [-0.2, -0.15) is 0 Å². The van der Waals surface area contributed by atoms with Gasteiger partial charge < -0.3 is 15.0 Å². The first-order valence-corrected chi connectivity index (χ1v) is 11.0. The van der Waals surface area contributed by atoms with E-state index in [1.165, 1.54) is 25.0 Å². The Kier molecular flexibility index (Phi) is 7.17. The molecule has 1 N–H and O–H groups in total. The largest absolute Gasteiger partial charge is 0.444 e. The molecule has 0 aromatic heterocycles. The molecule has 1 amide bonds. The summed E-state index contributed by atoms with van der Waals surface area (Å²) in [5.74, 6) is -0.598. The van der Waals surface area contributed by atoms with Crippen molar-refractivity contribution in [2.75, 3.05) is 13.1 Å². The number of hydrogen-bond acceptors (Lipinski definition) is 3. The highest BCUT2D eigenvalue weighted by atomic mass is 19.1. The quantitative estimate of drug-likeness (QED) is 0.681. The van der Waals surface area contributed by atoms with Crippen molar-refractivity contribution in [3.05, 3.63) is 41.0 Å². The number of hydrogen-bond donors (Lipinski definition) is 1. The van der Waals surface area contributed by atoms with E-state index in [1.54, 1.807) is 6.08 Å². The number of nitrogens with zero attached hydrogens (tertiary/aromatic N) is 1. The third-order valence-corrected chi connectivity index (χ3v) is 5.95. The van der Waals surface area contributed by atoms with Gasteiger partial charge in [-0.15, -0.1) is 0 Å². The van der Waals surface area contributed by atoms with Crippen molar-refractivity contribution in [1.82, 2.24) is 10.2 Å². The molecular formula is C24H34F2N2O2. The number of benzene rings is 1. The predicted molar refractivity (Wildman–Crippen MR) is 115 cm³/mol. The van der Waals surface area contributed by atoms with Crippen molar-refractivity contribution in [1.29, 1.82) is 0 Å². The first kappa shape index (κ1) is 22.7. The van der Waals surface area contributed by atoms with E-state index >= 15 is 0 Å². The molecule has 1 heterocycles. The zero-order chi connectivity index (χ0) is 21.9. The summed E-state index contributed by atoms with van der Waals surface area (Å²) in [7, 11) is 0. The zero-order valence-electron chi connectivity index (χ0n) is 18.5. The summed E-state index contributed by atoms with van der Waals surface area (Å²) in [6.07, 6.45) is 7.10. The summed E-state index contributed by atoms with van der Waals surface area (Å²) >= 11 is 0. The highest BCUT2D eigenvalue weighted by Gasteiger charge is 2.45. The Hall–Kier alpha value is -1.95. The average molecular weight is 421 g/mol. The Morgan fingerprint density at radius 1 is 1.27 bits per heavy atom. The fraction of sp³-hybridized carbons (Fsp3) is 0.625. The maximum atomic E-state index is 13.9. The van der Waals surface area contributed by atoms with Gasteiger partial charge in [0.1, 0.15) is 17.2 Å². The molecule has 30 heavy (non-hydrogen) atoms. The molecule has 0 radical (unpaired) electrons. The van der Waals surface area contributed by atoms with Crippen LogP contribution in [0.4, 0.5) is 13.6 Å². The van der Waals surface area contributed by atoms with Crippen LogP contribution in [0.5, 0.6) is 0 Å². The van der Waals surface area contributed by atoms with Crippen LogP contribution in [0.3, 0.4) is 0 Å². The van der Waals surface area contributed by atoms with Crippen LogP contribution in [0.15, 0.2) is 23.8 Å². The maximum absolute atomic E-state index is 13.9. The van der Waals surface area contributed by atoms with Gasteiger partial charge in [0.2, 0.25) is 0 Å². The number of ether oxygens (including phenoxy) is 1. The molecule has 1 unspecified atom stereocenters. The Labute approximate surface area is 178 Å². The number of nitrogens with one attached hydrogen (secondary N) is 1. The second-order valence-corrected chi connectivity index (χ2v) is 9.68. The number of likely N-dealkylation sites (tertiary alicyclic amines) is 1. The molecule has 0 spiro atoms. The van der Waals surface area contributed by atoms with E-state index in [2.05, 4.69) is 5.32 Å². The van der Waals surface area contributed by atoms with Crippen LogP contribution in [-0.4, -0.2) is 41.8 Å². The average Bonchev–Trinajstić information content (AvgIpc) is 3.01. The van der Waals surface area contributed by atoms with Crippen LogP contribution in [0.2, 0.25) is 0 Å². The first-order chi connectivity index (χ1) is 14.1. The second kappa shape index (κ2) is 9.46. The molecule has 3 atom stereocenters. The lowest BCUT2D eigenvalue weighted by Crippen LogP contribution is -2.48. The molecular weight excluding hydrogens is 386 g/mol. The van der Waals surface area contributed by atoms with Crippen LogP contribution >= 0.6 is 0 Å². The van der Waals surface area contributed by atoms with Crippen LogP contribution in [0, 0.1) is 17.6 Å². The normalized spacial score (nSPS) is 24.7. The lowest BCUT2D eigenvalue weighted by atomic mass is 9.85. The number of fused-ring (bicyclic) bond motifs is 1. The van der Waals surface area contributed by atoms with Gasteiger partial charge in [0.25, 0.3) is 0 Å². The second-order valence-electron chi connectivity index (χ2n) is 9.68. The van der Waals surface area contributed by atoms with Gasteiger partial charge in [0.15, 0.2) is 0 Å². The van der Waals surface area contributed by atoms with Crippen molar-refractivity contribution in [3.8, 4) is 0 Å². The number of amides is 1. The van der Waals surface area contributed by atoms with Crippen molar-refractivity contribution in [3.63, 3.8) is 0 Å². The minimum atomic E-state index is -0.578. The van der Waals surface area contributed by atoms with Crippen LogP contribution in [-0.2, 0) is 4.74 Å². The zero-order valence-corrected chi connectivity index (χ0v) is 18.5. The Bertz CT molecular complexity index is 788. The topological polar surface area (TPSA) is 41.6 Å². The number of carbonyl (C=O) groups is 1. The highest BCUT2D eigenvalue weighted by Crippen LogP contribution is 2.40. The van der Waals surface area contributed by atoms with Crippen LogP contribution in [0.1, 0.15) is 65.4 Å². The summed E-state index contributed by atoms with van der Waals surface area (Å²) in [6, 6.07) is 3.97. The van der Waals surface area contributed by atoms with E-state index in [-0.39, 0.29) is 18.2 Å². The molecule has 4 nitrogen and oxygen atoms in total. The van der Waals surface area contributed by atoms with Crippen molar-refractivity contribution < 1.29 is 18.3 Å². The van der Waals surface area contributed by atoms with Crippen molar-refractivity contribution in [2.45, 2.75) is 77.5 Å². The van der Waals surface area contributed by atoms with Gasteiger partial charge >= 0.3 is 6.09 Å². The maximum Gasteiger partial charge on any atom is 0.410 e. The molecule has 1 saturated heterocycles. The van der Waals surface area contributed by atoms with Gasteiger partial charge in [-0.25, -0.2) is 13.6 Å². The van der Waals surface area contributed by atoms with Gasteiger partial charge in [-0.05, 0) is 65.0 Å². The molecule has 3 rings (SSSR count). The van der Waals surface area contributed by atoms with E-state index in [9.17, 15) is 13.6 Å². The number of rotatable bonds is 5. The summed E-state index contributed by atoms with van der Waals surface area (Å²) in [4.78, 5) is 14.9. The monoisotopic (exact) mass is 420 g/mol. The van der Waals surface area contributed by atoms with Gasteiger partial charge in [0, 0.05) is 36.8 Å². The van der Waals surface area contributed by atoms with E-state index < -0.39 is 17.2 Å². The number of carbonyl (C=O) groups excluding carboxylic acids is 1. The molecule has 6 heteroatoms. The smallest absolute Gasteiger partial charge is 0.410 e. The fourth-order valence-electron chi connectivity index (χ4n) is 4.71. The van der Waals surface area contributed by atoms with E-state index in [0.717, 1.165) is 30.9 Å². The molecule has 1 aliphatic carbocycles. The molecule has 1 aromatic carbocycles. The summed E-state index contributed by atoms with van der Waals surface area (Å²) < 4.78 is 32.6. The summed E-state index contributed by atoms with van der Waals surface area (Å²) in [5.41, 5.74) is 0.804. The Balaban J connectivity index is 1.62. The third kappa shape index (κ3) is 5.81. The van der Waals surface area contributed by atoms with Crippen molar-refractivity contribution in [2.24, 2.45) is 5.92 Å². The molecule has 1 saturated carbocycles. The number of halogens is 2. The van der Waals surface area contributed by atoms with E-state index in [0.29, 0.717) is 24.6 Å². The van der Waals surface area contributed by atoms with Crippen LogP contribution < -0.4 is 5.32 Å². The SMILES string of the molecule is C/C(=C\c1ccc(F)cc1F)CNC[C@@H]1CC2CCCC[C@@H]2N1C(=O)OC(C)(C)C. The predicted octanol–water partition coefficient (Wildman–Crippen LogP) is 5.53. The lowest BCUT2D eigenvalue weighted by molar-refractivity contribution is 0.0105. The molecule has 2 aliphatic rings. The van der Waals surface area contributed by atoms with E-state index in [1.807, 2.05) is 32.6 Å². The Morgan fingerprint density at radius 2 is 2.00 bits per heavy atom. The third-order valence-electron chi connectivity index (χ3n) is 5.95. The van der Waals surface area contributed by atoms with Crippen molar-refractivity contribution >= 4 is 12.2 Å². The minimum Gasteiger partial charge on any atom is -0.444 e. The lowest BCUT2D eigenvalue weighted by Gasteiger charge is -2.35. The molecule has 166 valence electrons.